The number of hydrogen-bond donors (Lipinski definition) is 2. The molecule has 3 N–H and O–H groups in total. The molecular weight excluding hydrogens is 339 g/mol. The van der Waals surface area contributed by atoms with E-state index in [2.05, 4.69) is 5.32 Å². The third-order valence-electron chi connectivity index (χ3n) is 3.98. The van der Waals surface area contributed by atoms with Gasteiger partial charge in [-0.1, -0.05) is 36.6 Å². The van der Waals surface area contributed by atoms with E-state index in [0.717, 1.165) is 28.5 Å². The first kappa shape index (κ1) is 19.6. The molecule has 1 fully saturated rings. The maximum absolute atomic E-state index is 12.0. The van der Waals surface area contributed by atoms with Gasteiger partial charge in [0, 0.05) is 23.1 Å². The van der Waals surface area contributed by atoms with Crippen molar-refractivity contribution in [2.75, 3.05) is 12.3 Å². The molecule has 0 aliphatic heterocycles. The fourth-order valence-corrected chi connectivity index (χ4v) is 3.96. The first-order valence-electron chi connectivity index (χ1n) is 7.57. The summed E-state index contributed by atoms with van der Waals surface area (Å²) in [4.78, 5) is 13.1. The zero-order valence-electron chi connectivity index (χ0n) is 12.6. The molecule has 0 bridgehead atoms. The number of nitrogens with two attached hydrogens (primary N) is 1. The van der Waals surface area contributed by atoms with E-state index in [-0.39, 0.29) is 24.4 Å². The summed E-state index contributed by atoms with van der Waals surface area (Å²) in [5, 5.41) is 3.90. The topological polar surface area (TPSA) is 55.1 Å². The van der Waals surface area contributed by atoms with Gasteiger partial charge in [-0.05, 0) is 37.4 Å². The standard InChI is InChI=1S/C16H23ClN2OS.ClH/c17-13-6-2-4-8-15(13)21-10-9-16(20)19-14-7-3-1-5-12(14)11-18;/h2,4,6,8,12,14H,1,3,5,7,9-11,18H2,(H,19,20);1H. The van der Waals surface area contributed by atoms with Gasteiger partial charge in [-0.15, -0.1) is 24.2 Å². The largest absolute Gasteiger partial charge is 0.353 e. The van der Waals surface area contributed by atoms with Crippen LogP contribution in [0.2, 0.25) is 5.02 Å². The number of carbonyl (C=O) groups excluding carboxylic acids is 1. The van der Waals surface area contributed by atoms with Gasteiger partial charge in [0.05, 0.1) is 5.02 Å². The van der Waals surface area contributed by atoms with Crippen LogP contribution in [0.4, 0.5) is 0 Å². The highest BCUT2D eigenvalue weighted by Crippen LogP contribution is 2.27. The second-order valence-corrected chi connectivity index (χ2v) is 7.03. The molecule has 1 aliphatic rings. The fourth-order valence-electron chi connectivity index (χ4n) is 2.77. The Morgan fingerprint density at radius 2 is 2.05 bits per heavy atom. The Labute approximate surface area is 148 Å². The van der Waals surface area contributed by atoms with Crippen LogP contribution in [-0.4, -0.2) is 24.2 Å². The Balaban J connectivity index is 0.00000242. The van der Waals surface area contributed by atoms with Gasteiger partial charge in [0.15, 0.2) is 0 Å². The van der Waals surface area contributed by atoms with Gasteiger partial charge in [-0.3, -0.25) is 4.79 Å². The smallest absolute Gasteiger partial charge is 0.221 e. The van der Waals surface area contributed by atoms with E-state index in [1.807, 2.05) is 24.3 Å². The number of halogens is 2. The average Bonchev–Trinajstić information content (AvgIpc) is 2.50. The zero-order valence-corrected chi connectivity index (χ0v) is 15.0. The van der Waals surface area contributed by atoms with E-state index in [4.69, 9.17) is 17.3 Å². The molecule has 0 heterocycles. The van der Waals surface area contributed by atoms with Crippen molar-refractivity contribution < 1.29 is 4.79 Å². The third-order valence-corrected chi connectivity index (χ3v) is 5.50. The van der Waals surface area contributed by atoms with Crippen molar-refractivity contribution in [1.82, 2.24) is 5.32 Å². The summed E-state index contributed by atoms with van der Waals surface area (Å²) in [7, 11) is 0. The second-order valence-electron chi connectivity index (χ2n) is 5.48. The summed E-state index contributed by atoms with van der Waals surface area (Å²) >= 11 is 7.72. The van der Waals surface area contributed by atoms with Gasteiger partial charge in [-0.2, -0.15) is 0 Å². The molecule has 1 aromatic rings. The molecule has 0 spiro atoms. The summed E-state index contributed by atoms with van der Waals surface area (Å²) in [5.41, 5.74) is 5.79. The molecule has 1 saturated carbocycles. The van der Waals surface area contributed by atoms with Gasteiger partial charge >= 0.3 is 0 Å². The first-order valence-corrected chi connectivity index (χ1v) is 8.94. The lowest BCUT2D eigenvalue weighted by atomic mass is 9.84. The molecule has 3 nitrogen and oxygen atoms in total. The lowest BCUT2D eigenvalue weighted by molar-refractivity contribution is -0.121. The molecule has 1 aliphatic carbocycles. The van der Waals surface area contributed by atoms with E-state index in [0.29, 0.717) is 18.9 Å². The monoisotopic (exact) mass is 362 g/mol. The third kappa shape index (κ3) is 5.99. The SMILES string of the molecule is Cl.NCC1CCCCC1NC(=O)CCSc1ccccc1Cl. The van der Waals surface area contributed by atoms with Gasteiger partial charge in [0.25, 0.3) is 0 Å². The van der Waals surface area contributed by atoms with Crippen LogP contribution in [0.15, 0.2) is 29.2 Å². The minimum absolute atomic E-state index is 0. The maximum Gasteiger partial charge on any atom is 0.221 e. The molecule has 0 aromatic heterocycles. The van der Waals surface area contributed by atoms with Crippen molar-refractivity contribution in [1.29, 1.82) is 0 Å². The molecule has 2 unspecified atom stereocenters. The minimum Gasteiger partial charge on any atom is -0.353 e. The predicted octanol–water partition coefficient (Wildman–Crippen LogP) is 3.88. The van der Waals surface area contributed by atoms with Crippen molar-refractivity contribution in [2.45, 2.75) is 43.0 Å². The molecule has 1 aromatic carbocycles. The van der Waals surface area contributed by atoms with Crippen LogP contribution in [0.5, 0.6) is 0 Å². The number of thioether (sulfide) groups is 1. The van der Waals surface area contributed by atoms with E-state index in [1.165, 1.54) is 12.8 Å². The number of rotatable bonds is 6. The van der Waals surface area contributed by atoms with E-state index in [9.17, 15) is 4.79 Å². The Hall–Kier alpha value is -0.420. The van der Waals surface area contributed by atoms with Crippen molar-refractivity contribution in [2.24, 2.45) is 11.7 Å². The lowest BCUT2D eigenvalue weighted by Gasteiger charge is -2.31. The summed E-state index contributed by atoms with van der Waals surface area (Å²) in [6.45, 7) is 0.666. The quantitative estimate of drug-likeness (QED) is 0.755. The predicted molar refractivity (Wildman–Crippen MR) is 97.0 cm³/mol. The molecule has 2 atom stereocenters. The molecule has 124 valence electrons. The summed E-state index contributed by atoms with van der Waals surface area (Å²) in [6.07, 6.45) is 5.14. The molecule has 0 radical (unpaired) electrons. The van der Waals surface area contributed by atoms with Crippen LogP contribution in [0.3, 0.4) is 0 Å². The van der Waals surface area contributed by atoms with Crippen LogP contribution in [0.1, 0.15) is 32.1 Å². The Morgan fingerprint density at radius 1 is 1.32 bits per heavy atom. The Kier molecular flexibility index (Phi) is 9.25. The molecule has 6 heteroatoms. The first-order chi connectivity index (χ1) is 10.2. The van der Waals surface area contributed by atoms with Gasteiger partial charge in [0.1, 0.15) is 0 Å². The number of hydrogen-bond acceptors (Lipinski definition) is 3. The molecule has 2 rings (SSSR count). The van der Waals surface area contributed by atoms with Gasteiger partial charge in [-0.25, -0.2) is 0 Å². The highest BCUT2D eigenvalue weighted by Gasteiger charge is 2.24. The van der Waals surface area contributed by atoms with Crippen LogP contribution in [-0.2, 0) is 4.79 Å². The lowest BCUT2D eigenvalue weighted by Crippen LogP contribution is -2.44. The van der Waals surface area contributed by atoms with Crippen LogP contribution in [0, 0.1) is 5.92 Å². The summed E-state index contributed by atoms with van der Waals surface area (Å²) < 4.78 is 0. The number of benzene rings is 1. The average molecular weight is 363 g/mol. The number of nitrogens with one attached hydrogen (secondary N) is 1. The van der Waals surface area contributed by atoms with E-state index < -0.39 is 0 Å². The van der Waals surface area contributed by atoms with Crippen molar-refractivity contribution in [3.8, 4) is 0 Å². The highest BCUT2D eigenvalue weighted by molar-refractivity contribution is 7.99. The Bertz CT molecular complexity index is 473. The van der Waals surface area contributed by atoms with Gasteiger partial charge in [0.2, 0.25) is 5.91 Å². The van der Waals surface area contributed by atoms with Crippen LogP contribution >= 0.6 is 35.8 Å². The van der Waals surface area contributed by atoms with Crippen molar-refractivity contribution in [3.63, 3.8) is 0 Å². The molecule has 1 amide bonds. The summed E-state index contributed by atoms with van der Waals surface area (Å²) in [5.74, 6) is 1.31. The van der Waals surface area contributed by atoms with E-state index >= 15 is 0 Å². The number of amides is 1. The minimum atomic E-state index is 0. The maximum atomic E-state index is 12.0. The Morgan fingerprint density at radius 3 is 2.77 bits per heavy atom. The van der Waals surface area contributed by atoms with Crippen LogP contribution < -0.4 is 11.1 Å². The fraction of sp³-hybridized carbons (Fsp3) is 0.562. The molecule has 22 heavy (non-hydrogen) atoms. The number of carbonyl (C=O) groups is 1. The van der Waals surface area contributed by atoms with Crippen molar-refractivity contribution in [3.05, 3.63) is 29.3 Å². The van der Waals surface area contributed by atoms with Gasteiger partial charge < -0.3 is 11.1 Å². The molecule has 0 saturated heterocycles. The van der Waals surface area contributed by atoms with Crippen molar-refractivity contribution >= 4 is 41.7 Å². The normalized spacial score (nSPS) is 21.0. The van der Waals surface area contributed by atoms with E-state index in [1.54, 1.807) is 11.8 Å². The zero-order chi connectivity index (χ0) is 15.1. The second kappa shape index (κ2) is 10.4. The molecular formula is C16H24Cl2N2OS. The summed E-state index contributed by atoms with van der Waals surface area (Å²) in [6, 6.07) is 7.99. The highest BCUT2D eigenvalue weighted by atomic mass is 35.5. The van der Waals surface area contributed by atoms with Crippen LogP contribution in [0.25, 0.3) is 0 Å².